The number of benzene rings is 4. The molecule has 0 bridgehead atoms. The van der Waals surface area contributed by atoms with E-state index in [9.17, 15) is 39.0 Å². The third-order valence-electron chi connectivity index (χ3n) is 6.46. The summed E-state index contributed by atoms with van der Waals surface area (Å²) in [4.78, 5) is 74.4. The van der Waals surface area contributed by atoms with Gasteiger partial charge in [-0.15, -0.1) is 0 Å². The molecule has 4 aromatic rings. The number of hydrogen-bond acceptors (Lipinski definition) is 7. The van der Waals surface area contributed by atoms with Crippen molar-refractivity contribution in [2.24, 2.45) is 0 Å². The first kappa shape index (κ1) is 23.6. The number of carbonyl (C=O) groups excluding carboxylic acids is 4. The summed E-state index contributed by atoms with van der Waals surface area (Å²) in [6.07, 6.45) is 0. The number of carbonyl (C=O) groups is 6. The number of Topliss-reactive ketones (excluding diaryl/α,β-unsaturated/α-hetero) is 2. The van der Waals surface area contributed by atoms with Crippen LogP contribution >= 0.6 is 0 Å². The van der Waals surface area contributed by atoms with Gasteiger partial charge in [-0.05, 0) is 61.4 Å². The smallest absolute Gasteiger partial charge is 0.346 e. The zero-order chi connectivity index (χ0) is 26.8. The zero-order valence-electron chi connectivity index (χ0n) is 19.4. The highest BCUT2D eigenvalue weighted by Gasteiger charge is 2.31. The third kappa shape index (κ3) is 3.40. The Labute approximate surface area is 207 Å². The molecule has 2 N–H and O–H groups in total. The monoisotopic (exact) mass is 496 g/mol. The number of hydrogen-bond donors (Lipinski definition) is 2. The van der Waals surface area contributed by atoms with E-state index in [1.54, 1.807) is 0 Å². The van der Waals surface area contributed by atoms with Crippen molar-refractivity contribution in [3.8, 4) is 11.1 Å². The van der Waals surface area contributed by atoms with Crippen LogP contribution in [0.5, 0.6) is 0 Å². The van der Waals surface area contributed by atoms with E-state index in [0.717, 1.165) is 0 Å². The summed E-state index contributed by atoms with van der Waals surface area (Å²) >= 11 is 0. The molecule has 1 heterocycles. The zero-order valence-corrected chi connectivity index (χ0v) is 19.4. The highest BCUT2D eigenvalue weighted by atomic mass is 16.6. The molecule has 37 heavy (non-hydrogen) atoms. The molecular formula is C28H16O9. The van der Waals surface area contributed by atoms with Crippen LogP contribution in [0.1, 0.15) is 76.0 Å². The first-order valence-corrected chi connectivity index (χ1v) is 11.0. The maximum Gasteiger partial charge on any atom is 0.346 e. The van der Waals surface area contributed by atoms with Gasteiger partial charge in [0, 0.05) is 32.7 Å². The van der Waals surface area contributed by atoms with Crippen LogP contribution in [0.25, 0.3) is 32.7 Å². The fourth-order valence-electron chi connectivity index (χ4n) is 4.92. The van der Waals surface area contributed by atoms with Crippen molar-refractivity contribution in [2.75, 3.05) is 0 Å². The Hall–Kier alpha value is -5.18. The molecule has 182 valence electrons. The topological polar surface area (TPSA) is 152 Å². The van der Waals surface area contributed by atoms with E-state index >= 15 is 0 Å². The number of ether oxygens (including phenoxy) is 1. The number of ketones is 2. The third-order valence-corrected chi connectivity index (χ3v) is 6.46. The van der Waals surface area contributed by atoms with E-state index in [0.29, 0.717) is 5.56 Å². The summed E-state index contributed by atoms with van der Waals surface area (Å²) in [7, 11) is 0. The molecule has 0 radical (unpaired) electrons. The Morgan fingerprint density at radius 3 is 1.35 bits per heavy atom. The van der Waals surface area contributed by atoms with Crippen molar-refractivity contribution in [1.82, 2.24) is 0 Å². The fraction of sp³-hybridized carbons (Fsp3) is 0.0714. The molecule has 0 amide bonds. The van der Waals surface area contributed by atoms with Crippen LogP contribution in [0.3, 0.4) is 0 Å². The number of cyclic esters (lactones) is 2. The largest absolute Gasteiger partial charge is 0.478 e. The molecule has 0 spiro atoms. The lowest BCUT2D eigenvalue weighted by Gasteiger charge is -2.21. The van der Waals surface area contributed by atoms with Gasteiger partial charge in [0.25, 0.3) is 0 Å². The van der Waals surface area contributed by atoms with Gasteiger partial charge in [0.15, 0.2) is 11.6 Å². The molecule has 9 heteroatoms. The molecule has 0 atom stereocenters. The molecule has 0 aromatic heterocycles. The molecule has 0 saturated carbocycles. The Bertz CT molecular complexity index is 1750. The second-order valence-corrected chi connectivity index (χ2v) is 8.54. The summed E-state index contributed by atoms with van der Waals surface area (Å²) in [5.74, 6) is -5.39. The molecule has 0 unspecified atom stereocenters. The van der Waals surface area contributed by atoms with E-state index in [-0.39, 0.29) is 66.3 Å². The normalized spacial score (nSPS) is 12.5. The summed E-state index contributed by atoms with van der Waals surface area (Å²) < 4.78 is 4.82. The second kappa shape index (κ2) is 8.20. The quantitative estimate of drug-likeness (QED) is 0.226. The van der Waals surface area contributed by atoms with Crippen LogP contribution in [0.4, 0.5) is 0 Å². The van der Waals surface area contributed by atoms with Crippen LogP contribution in [0.2, 0.25) is 0 Å². The van der Waals surface area contributed by atoms with Crippen molar-refractivity contribution in [3.05, 3.63) is 81.9 Å². The van der Waals surface area contributed by atoms with Gasteiger partial charge in [-0.1, -0.05) is 12.1 Å². The van der Waals surface area contributed by atoms with Gasteiger partial charge in [0.1, 0.15) is 0 Å². The van der Waals surface area contributed by atoms with Crippen molar-refractivity contribution in [2.45, 2.75) is 13.8 Å². The van der Waals surface area contributed by atoms with Crippen LogP contribution in [-0.4, -0.2) is 45.7 Å². The minimum Gasteiger partial charge on any atom is -0.478 e. The van der Waals surface area contributed by atoms with E-state index in [4.69, 9.17) is 4.74 Å². The maximum absolute atomic E-state index is 12.6. The highest BCUT2D eigenvalue weighted by molar-refractivity contribution is 6.29. The second-order valence-electron chi connectivity index (χ2n) is 8.54. The van der Waals surface area contributed by atoms with Crippen LogP contribution in [0, 0.1) is 0 Å². The van der Waals surface area contributed by atoms with E-state index < -0.39 is 29.7 Å². The van der Waals surface area contributed by atoms with E-state index in [2.05, 4.69) is 0 Å². The lowest BCUT2D eigenvalue weighted by molar-refractivity contribution is 0.0389. The van der Waals surface area contributed by atoms with Crippen LogP contribution < -0.4 is 0 Å². The Kier molecular flexibility index (Phi) is 5.22. The number of esters is 2. The molecule has 0 aliphatic carbocycles. The van der Waals surface area contributed by atoms with Gasteiger partial charge in [-0.25, -0.2) is 19.2 Å². The number of aromatic carboxylic acids is 2. The maximum atomic E-state index is 12.6. The van der Waals surface area contributed by atoms with Gasteiger partial charge in [0.2, 0.25) is 0 Å². The SMILES string of the molecule is CC(=O)c1ccc(C(=O)O)c2c(C(=O)O)ccc(-c3ccc4c5c(ccc(C(C)=O)c35)C(=O)OC4=O)c12. The summed E-state index contributed by atoms with van der Waals surface area (Å²) in [6.45, 7) is 2.58. The predicted octanol–water partition coefficient (Wildman–Crippen LogP) is 4.77. The predicted molar refractivity (Wildman–Crippen MR) is 131 cm³/mol. The minimum absolute atomic E-state index is 0.0564. The molecule has 1 aliphatic heterocycles. The molecular weight excluding hydrogens is 480 g/mol. The molecule has 0 saturated heterocycles. The van der Waals surface area contributed by atoms with Crippen molar-refractivity contribution in [1.29, 1.82) is 0 Å². The van der Waals surface area contributed by atoms with Gasteiger partial charge in [0.05, 0.1) is 22.3 Å². The van der Waals surface area contributed by atoms with Gasteiger partial charge in [-0.3, -0.25) is 9.59 Å². The van der Waals surface area contributed by atoms with Crippen molar-refractivity contribution in [3.63, 3.8) is 0 Å². The summed E-state index contributed by atoms with van der Waals surface area (Å²) in [5, 5.41) is 20.0. The average Bonchev–Trinajstić information content (AvgIpc) is 2.84. The first-order chi connectivity index (χ1) is 17.5. The lowest BCUT2D eigenvalue weighted by Crippen LogP contribution is -2.20. The fourth-order valence-corrected chi connectivity index (χ4v) is 4.92. The van der Waals surface area contributed by atoms with Gasteiger partial charge in [-0.2, -0.15) is 0 Å². The molecule has 0 fully saturated rings. The van der Waals surface area contributed by atoms with Gasteiger partial charge < -0.3 is 14.9 Å². The molecule has 1 aliphatic rings. The lowest BCUT2D eigenvalue weighted by atomic mass is 9.83. The van der Waals surface area contributed by atoms with E-state index in [1.807, 2.05) is 0 Å². The van der Waals surface area contributed by atoms with E-state index in [1.165, 1.54) is 62.4 Å². The molecule has 4 aromatic carbocycles. The standard InChI is InChI=1S/C28H16O9/c1-11(29)13-3-7-17(25(31)32)23-18(26(33)34)8-5-15(21(13)23)16-6-10-20-24-19(27(35)37-28(20)36)9-4-14(12(2)30)22(16)24/h3-10H,1-2H3,(H,31,32)(H,33,34). The Balaban J connectivity index is 2.07. The number of carboxylic acid groups (broad SMARTS) is 2. The number of carboxylic acids is 2. The van der Waals surface area contributed by atoms with Crippen LogP contribution in [-0.2, 0) is 4.74 Å². The number of fused-ring (bicyclic) bond motifs is 1. The van der Waals surface area contributed by atoms with Crippen LogP contribution in [0.15, 0.2) is 48.5 Å². The summed E-state index contributed by atoms with van der Waals surface area (Å²) in [5.41, 5.74) is 0.263. The van der Waals surface area contributed by atoms with Crippen molar-refractivity contribution < 1.29 is 43.7 Å². The van der Waals surface area contributed by atoms with Gasteiger partial charge >= 0.3 is 23.9 Å². The Morgan fingerprint density at radius 2 is 0.865 bits per heavy atom. The molecule has 5 rings (SSSR count). The molecule has 9 nitrogen and oxygen atoms in total. The average molecular weight is 496 g/mol. The highest BCUT2D eigenvalue weighted by Crippen LogP contribution is 2.42. The summed E-state index contributed by atoms with van der Waals surface area (Å²) in [6, 6.07) is 10.8. The Morgan fingerprint density at radius 1 is 0.514 bits per heavy atom. The first-order valence-electron chi connectivity index (χ1n) is 11.0. The number of rotatable bonds is 5. The van der Waals surface area contributed by atoms with Crippen molar-refractivity contribution >= 4 is 57.0 Å². The minimum atomic E-state index is -1.39.